The SMILES string of the molecule is CCCc1nn(C(C)(C)C)c(Cl)c1[N+](=O)[O-]. The third-order valence-electron chi connectivity index (χ3n) is 2.18. The molecule has 0 aliphatic carbocycles. The lowest BCUT2D eigenvalue weighted by atomic mass is 10.1. The smallest absolute Gasteiger partial charge is 0.258 e. The first kappa shape index (κ1) is 13.0. The van der Waals surface area contributed by atoms with Gasteiger partial charge in [0.2, 0.25) is 5.15 Å². The molecule has 0 aromatic carbocycles. The summed E-state index contributed by atoms with van der Waals surface area (Å²) in [5.41, 5.74) is 0.0549. The molecule has 5 nitrogen and oxygen atoms in total. The van der Waals surface area contributed by atoms with Crippen LogP contribution in [0.25, 0.3) is 0 Å². The van der Waals surface area contributed by atoms with Crippen molar-refractivity contribution in [3.05, 3.63) is 21.0 Å². The number of hydrogen-bond acceptors (Lipinski definition) is 3. The Balaban J connectivity index is 3.36. The molecule has 0 radical (unpaired) electrons. The summed E-state index contributed by atoms with van der Waals surface area (Å²) in [4.78, 5) is 10.5. The van der Waals surface area contributed by atoms with Gasteiger partial charge in [0.25, 0.3) is 0 Å². The van der Waals surface area contributed by atoms with Crippen molar-refractivity contribution in [3.63, 3.8) is 0 Å². The Bertz CT molecular complexity index is 407. The topological polar surface area (TPSA) is 61.0 Å². The molecule has 90 valence electrons. The maximum Gasteiger partial charge on any atom is 0.329 e. The second-order valence-electron chi connectivity index (χ2n) is 4.68. The molecule has 1 aromatic rings. The van der Waals surface area contributed by atoms with E-state index in [0.717, 1.165) is 6.42 Å². The van der Waals surface area contributed by atoms with E-state index < -0.39 is 4.92 Å². The van der Waals surface area contributed by atoms with Crippen LogP contribution >= 0.6 is 11.6 Å². The van der Waals surface area contributed by atoms with Crippen LogP contribution in [0.2, 0.25) is 5.15 Å². The van der Waals surface area contributed by atoms with Gasteiger partial charge < -0.3 is 0 Å². The van der Waals surface area contributed by atoms with Gasteiger partial charge in [0.05, 0.1) is 10.5 Å². The maximum absolute atomic E-state index is 10.9. The zero-order valence-electron chi connectivity index (χ0n) is 9.95. The second kappa shape index (κ2) is 4.41. The highest BCUT2D eigenvalue weighted by molar-refractivity contribution is 6.31. The van der Waals surface area contributed by atoms with Gasteiger partial charge in [-0.2, -0.15) is 5.10 Å². The molecule has 0 unspecified atom stereocenters. The first-order chi connectivity index (χ1) is 7.29. The van der Waals surface area contributed by atoms with Crippen LogP contribution < -0.4 is 0 Å². The summed E-state index contributed by atoms with van der Waals surface area (Å²) in [5.74, 6) is 0. The molecule has 1 heterocycles. The molecule has 0 aliphatic heterocycles. The molecule has 0 saturated heterocycles. The Labute approximate surface area is 99.5 Å². The molecular formula is C10H16ClN3O2. The van der Waals surface area contributed by atoms with E-state index in [1.807, 2.05) is 27.7 Å². The fourth-order valence-electron chi connectivity index (χ4n) is 1.46. The molecule has 16 heavy (non-hydrogen) atoms. The second-order valence-corrected chi connectivity index (χ2v) is 5.03. The number of halogens is 1. The van der Waals surface area contributed by atoms with Crippen LogP contribution in [0, 0.1) is 10.1 Å². The number of aromatic nitrogens is 2. The molecule has 0 spiro atoms. The highest BCUT2D eigenvalue weighted by Gasteiger charge is 2.30. The highest BCUT2D eigenvalue weighted by Crippen LogP contribution is 2.32. The molecule has 0 fully saturated rings. The van der Waals surface area contributed by atoms with E-state index in [4.69, 9.17) is 11.6 Å². The average Bonchev–Trinajstić information content (AvgIpc) is 2.42. The number of aryl methyl sites for hydroxylation is 1. The molecule has 0 aliphatic rings. The largest absolute Gasteiger partial charge is 0.329 e. The predicted octanol–water partition coefficient (Wildman–Crippen LogP) is 3.15. The fraction of sp³-hybridized carbons (Fsp3) is 0.700. The molecule has 0 N–H and O–H groups in total. The number of nitro groups is 1. The molecule has 6 heteroatoms. The average molecular weight is 246 g/mol. The van der Waals surface area contributed by atoms with Crippen molar-refractivity contribution in [2.45, 2.75) is 46.1 Å². The van der Waals surface area contributed by atoms with Crippen LogP contribution in [0.4, 0.5) is 5.69 Å². The minimum absolute atomic E-state index is 0.0570. The molecule has 0 atom stereocenters. The van der Waals surface area contributed by atoms with Gasteiger partial charge in [-0.3, -0.25) is 10.1 Å². The lowest BCUT2D eigenvalue weighted by Gasteiger charge is -2.19. The van der Waals surface area contributed by atoms with Gasteiger partial charge in [-0.1, -0.05) is 24.9 Å². The van der Waals surface area contributed by atoms with Crippen LogP contribution in [0.3, 0.4) is 0 Å². The summed E-state index contributed by atoms with van der Waals surface area (Å²) in [6, 6.07) is 0. The zero-order chi connectivity index (χ0) is 12.5. The number of nitrogens with zero attached hydrogens (tertiary/aromatic N) is 3. The first-order valence-corrected chi connectivity index (χ1v) is 5.59. The summed E-state index contributed by atoms with van der Waals surface area (Å²) in [6.07, 6.45) is 1.37. The first-order valence-electron chi connectivity index (χ1n) is 5.21. The highest BCUT2D eigenvalue weighted by atomic mass is 35.5. The summed E-state index contributed by atoms with van der Waals surface area (Å²) in [7, 11) is 0. The minimum atomic E-state index is -0.456. The van der Waals surface area contributed by atoms with Crippen molar-refractivity contribution in [1.82, 2.24) is 9.78 Å². The molecule has 0 amide bonds. The van der Waals surface area contributed by atoms with Crippen LogP contribution in [-0.4, -0.2) is 14.7 Å². The Morgan fingerprint density at radius 2 is 2.06 bits per heavy atom. The van der Waals surface area contributed by atoms with Gasteiger partial charge in [-0.15, -0.1) is 0 Å². The normalized spacial score (nSPS) is 11.8. The summed E-state index contributed by atoms with van der Waals surface area (Å²) < 4.78 is 1.51. The zero-order valence-corrected chi connectivity index (χ0v) is 10.7. The number of hydrogen-bond donors (Lipinski definition) is 0. The van der Waals surface area contributed by atoms with E-state index >= 15 is 0 Å². The van der Waals surface area contributed by atoms with Gasteiger partial charge in [0.15, 0.2) is 0 Å². The maximum atomic E-state index is 10.9. The quantitative estimate of drug-likeness (QED) is 0.607. The fourth-order valence-corrected chi connectivity index (χ4v) is 1.93. The Morgan fingerprint density at radius 3 is 2.44 bits per heavy atom. The molecule has 1 rings (SSSR count). The molecular weight excluding hydrogens is 230 g/mol. The van der Waals surface area contributed by atoms with Crippen LogP contribution in [0.5, 0.6) is 0 Å². The van der Waals surface area contributed by atoms with Crippen LogP contribution in [0.1, 0.15) is 39.8 Å². The van der Waals surface area contributed by atoms with Gasteiger partial charge in [-0.25, -0.2) is 4.68 Å². The van der Waals surface area contributed by atoms with Crippen molar-refractivity contribution < 1.29 is 4.92 Å². The third kappa shape index (κ3) is 2.35. The van der Waals surface area contributed by atoms with Gasteiger partial charge >= 0.3 is 5.69 Å². The van der Waals surface area contributed by atoms with E-state index in [1.54, 1.807) is 0 Å². The van der Waals surface area contributed by atoms with Crippen molar-refractivity contribution >= 4 is 17.3 Å². The number of rotatable bonds is 3. The Hall–Kier alpha value is -1.10. The van der Waals surface area contributed by atoms with Crippen LogP contribution in [-0.2, 0) is 12.0 Å². The van der Waals surface area contributed by atoms with Gasteiger partial charge in [0, 0.05) is 0 Å². The van der Waals surface area contributed by atoms with Crippen LogP contribution in [0.15, 0.2) is 0 Å². The molecule has 0 bridgehead atoms. The third-order valence-corrected chi connectivity index (χ3v) is 2.52. The summed E-state index contributed by atoms with van der Waals surface area (Å²) >= 11 is 6.00. The van der Waals surface area contributed by atoms with Crippen molar-refractivity contribution in [3.8, 4) is 0 Å². The van der Waals surface area contributed by atoms with Crippen molar-refractivity contribution in [2.75, 3.05) is 0 Å². The van der Waals surface area contributed by atoms with E-state index in [0.29, 0.717) is 12.1 Å². The van der Waals surface area contributed by atoms with Crippen molar-refractivity contribution in [2.24, 2.45) is 0 Å². The summed E-state index contributed by atoms with van der Waals surface area (Å²) in [6.45, 7) is 7.68. The predicted molar refractivity (Wildman–Crippen MR) is 62.9 cm³/mol. The van der Waals surface area contributed by atoms with Crippen molar-refractivity contribution in [1.29, 1.82) is 0 Å². The van der Waals surface area contributed by atoms with E-state index in [1.165, 1.54) is 4.68 Å². The lowest BCUT2D eigenvalue weighted by molar-refractivity contribution is -0.385. The van der Waals surface area contributed by atoms with E-state index in [-0.39, 0.29) is 16.4 Å². The molecule has 0 saturated carbocycles. The van der Waals surface area contributed by atoms with Gasteiger partial charge in [-0.05, 0) is 27.2 Å². The standard InChI is InChI=1S/C10H16ClN3O2/c1-5-6-7-8(14(15)16)9(11)13(12-7)10(2,3)4/h5-6H2,1-4H3. The monoisotopic (exact) mass is 245 g/mol. The lowest BCUT2D eigenvalue weighted by Crippen LogP contribution is -2.23. The van der Waals surface area contributed by atoms with E-state index in [9.17, 15) is 10.1 Å². The molecule has 1 aromatic heterocycles. The van der Waals surface area contributed by atoms with E-state index in [2.05, 4.69) is 5.10 Å². The minimum Gasteiger partial charge on any atom is -0.258 e. The Morgan fingerprint density at radius 1 is 1.50 bits per heavy atom. The summed E-state index contributed by atoms with van der Waals surface area (Å²) in [5, 5.41) is 15.3. The Kier molecular flexibility index (Phi) is 3.57. The van der Waals surface area contributed by atoms with Gasteiger partial charge in [0.1, 0.15) is 5.69 Å².